The van der Waals surface area contributed by atoms with Crippen molar-refractivity contribution in [1.82, 2.24) is 10.3 Å². The normalized spacial score (nSPS) is 15.8. The minimum atomic E-state index is -4.67. The third-order valence-electron chi connectivity index (χ3n) is 7.58. The Morgan fingerprint density at radius 2 is 1.84 bits per heavy atom. The zero-order valence-corrected chi connectivity index (χ0v) is 23.7. The molecule has 0 unspecified atom stereocenters. The van der Waals surface area contributed by atoms with E-state index in [-0.39, 0.29) is 25.3 Å². The van der Waals surface area contributed by atoms with E-state index in [2.05, 4.69) is 16.4 Å². The molecule has 1 amide bonds. The molecule has 5 rings (SSSR count). The van der Waals surface area contributed by atoms with E-state index in [9.17, 15) is 33.1 Å². The number of fused-ring (bicyclic) bond motifs is 1. The first kappa shape index (κ1) is 31.3. The number of anilines is 1. The molecule has 1 saturated heterocycles. The van der Waals surface area contributed by atoms with Crippen LogP contribution in [-0.4, -0.2) is 60.0 Å². The Kier molecular flexibility index (Phi) is 8.70. The predicted octanol–water partition coefficient (Wildman–Crippen LogP) is 5.55. The molecule has 8 nitrogen and oxygen atoms in total. The van der Waals surface area contributed by atoms with Crippen molar-refractivity contribution >= 4 is 28.5 Å². The van der Waals surface area contributed by atoms with Crippen LogP contribution in [0.25, 0.3) is 22.0 Å². The van der Waals surface area contributed by atoms with Gasteiger partial charge in [-0.3, -0.25) is 9.78 Å². The molecule has 0 bridgehead atoms. The first-order chi connectivity index (χ1) is 21.4. The number of nitrogens with one attached hydrogen (secondary N) is 1. The van der Waals surface area contributed by atoms with Crippen molar-refractivity contribution < 1.29 is 41.4 Å². The van der Waals surface area contributed by atoms with Gasteiger partial charge >= 0.3 is 12.1 Å². The van der Waals surface area contributed by atoms with Crippen LogP contribution in [0.15, 0.2) is 60.8 Å². The number of aliphatic carboxylic acids is 1. The van der Waals surface area contributed by atoms with E-state index >= 15 is 8.78 Å². The number of nitrogens with zero attached hydrogens (tertiary/aromatic N) is 3. The molecule has 232 valence electrons. The number of rotatable bonds is 7. The average molecular weight is 625 g/mol. The summed E-state index contributed by atoms with van der Waals surface area (Å²) >= 11 is 0. The van der Waals surface area contributed by atoms with Crippen LogP contribution < -0.4 is 10.2 Å². The Morgan fingerprint density at radius 1 is 1.13 bits per heavy atom. The first-order valence-corrected chi connectivity index (χ1v) is 13.7. The van der Waals surface area contributed by atoms with Crippen molar-refractivity contribution in [2.75, 3.05) is 24.6 Å². The molecule has 1 aliphatic heterocycles. The zero-order valence-electron chi connectivity index (χ0n) is 23.7. The van der Waals surface area contributed by atoms with Gasteiger partial charge in [0.25, 0.3) is 5.91 Å². The van der Waals surface area contributed by atoms with E-state index in [1.165, 1.54) is 0 Å². The van der Waals surface area contributed by atoms with Gasteiger partial charge in [-0.1, -0.05) is 24.3 Å². The molecular formula is C32H25F5N4O4. The molecule has 0 aliphatic carbocycles. The van der Waals surface area contributed by atoms with Gasteiger partial charge in [0.1, 0.15) is 23.2 Å². The van der Waals surface area contributed by atoms with Crippen LogP contribution >= 0.6 is 0 Å². The molecule has 2 heterocycles. The number of nitriles is 1. The Morgan fingerprint density at radius 3 is 2.49 bits per heavy atom. The molecule has 2 atom stereocenters. The molecule has 45 heavy (non-hydrogen) atoms. The molecule has 1 fully saturated rings. The lowest BCUT2D eigenvalue weighted by molar-refractivity contribution is -0.221. The molecule has 0 spiro atoms. The van der Waals surface area contributed by atoms with Gasteiger partial charge in [-0.2, -0.15) is 18.4 Å². The lowest BCUT2D eigenvalue weighted by Crippen LogP contribution is -2.49. The topological polar surface area (TPSA) is 116 Å². The van der Waals surface area contributed by atoms with Crippen LogP contribution in [0.4, 0.5) is 27.6 Å². The summed E-state index contributed by atoms with van der Waals surface area (Å²) in [5.74, 6) is -5.53. The summed E-state index contributed by atoms with van der Waals surface area (Å²) in [6.07, 6.45) is -5.51. The van der Waals surface area contributed by atoms with Crippen molar-refractivity contribution in [2.45, 2.75) is 31.7 Å². The van der Waals surface area contributed by atoms with E-state index < -0.39 is 53.9 Å². The molecule has 2 N–H and O–H groups in total. The number of benzene rings is 3. The van der Waals surface area contributed by atoms with Crippen LogP contribution in [0.1, 0.15) is 27.0 Å². The number of carbonyl (C=O) groups is 2. The summed E-state index contributed by atoms with van der Waals surface area (Å²) in [5.41, 5.74) is 2.61. The Balaban J connectivity index is 1.40. The van der Waals surface area contributed by atoms with Crippen molar-refractivity contribution in [3.05, 3.63) is 94.7 Å². The molecule has 13 heteroatoms. The van der Waals surface area contributed by atoms with Crippen molar-refractivity contribution in [3.63, 3.8) is 0 Å². The number of aromatic nitrogens is 1. The number of alkyl halides is 3. The number of aryl methyl sites for hydroxylation is 1. The minimum Gasteiger partial charge on any atom is -0.480 e. The van der Waals surface area contributed by atoms with Crippen LogP contribution in [0, 0.1) is 29.9 Å². The highest BCUT2D eigenvalue weighted by Gasteiger charge is 2.43. The van der Waals surface area contributed by atoms with Gasteiger partial charge in [0.15, 0.2) is 6.10 Å². The number of hydrogen-bond donors (Lipinski definition) is 2. The standard InChI is InChI=1S/C32H25F5N4O4/c1-17-11-18(15-38)4-6-21(17)23-7-5-19(22-3-2-8-39-29(22)23)12-26(31(43)44)40-30(42)28-24(33)13-20(14-25(28)34)41-9-10-45-27(16-41)32(35,36)37/h2-8,11,13-14,26-27H,9-10,12,16H2,1H3,(H,40,42)(H,43,44)/t26-,27-/m0/s1. The fourth-order valence-electron chi connectivity index (χ4n) is 5.35. The number of morpholine rings is 1. The van der Waals surface area contributed by atoms with Gasteiger partial charge in [0, 0.05) is 35.8 Å². The lowest BCUT2D eigenvalue weighted by atomic mass is 9.92. The number of carboxylic acid groups (broad SMARTS) is 1. The van der Waals surface area contributed by atoms with E-state index in [4.69, 9.17) is 4.74 Å². The smallest absolute Gasteiger partial charge is 0.416 e. The van der Waals surface area contributed by atoms with Crippen molar-refractivity contribution in [2.24, 2.45) is 0 Å². The van der Waals surface area contributed by atoms with Gasteiger partial charge in [-0.05, 0) is 53.9 Å². The van der Waals surface area contributed by atoms with E-state index in [1.807, 2.05) is 6.92 Å². The van der Waals surface area contributed by atoms with Gasteiger partial charge in [-0.15, -0.1) is 0 Å². The van der Waals surface area contributed by atoms with E-state index in [0.29, 0.717) is 22.0 Å². The summed E-state index contributed by atoms with van der Waals surface area (Å²) < 4.78 is 74.2. The molecule has 1 aliphatic rings. The number of hydrogen-bond acceptors (Lipinski definition) is 6. The van der Waals surface area contributed by atoms with Gasteiger partial charge in [-0.25, -0.2) is 13.6 Å². The second-order valence-electron chi connectivity index (χ2n) is 10.5. The molecule has 3 aromatic carbocycles. The summed E-state index contributed by atoms with van der Waals surface area (Å²) in [6.45, 7) is 0.764. The monoisotopic (exact) mass is 624 g/mol. The number of pyridine rings is 1. The highest BCUT2D eigenvalue weighted by atomic mass is 19.4. The SMILES string of the molecule is Cc1cc(C#N)ccc1-c1ccc(C[C@H](NC(=O)c2c(F)cc(N3CCO[C@H](C(F)(F)F)C3)cc2F)C(=O)O)c2cccnc12. The van der Waals surface area contributed by atoms with Crippen LogP contribution in [0.5, 0.6) is 0 Å². The third kappa shape index (κ3) is 6.56. The Labute approximate surface area is 253 Å². The fraction of sp³-hybridized carbons (Fsp3) is 0.250. The van der Waals surface area contributed by atoms with E-state index in [0.717, 1.165) is 33.7 Å². The number of carboxylic acids is 1. The van der Waals surface area contributed by atoms with Crippen molar-refractivity contribution in [3.8, 4) is 17.2 Å². The molecule has 0 radical (unpaired) electrons. The van der Waals surface area contributed by atoms with E-state index in [1.54, 1.807) is 48.7 Å². The van der Waals surface area contributed by atoms with Gasteiger partial charge in [0.05, 0.1) is 30.3 Å². The maximum Gasteiger partial charge on any atom is 0.416 e. The maximum atomic E-state index is 15.1. The molecular weight excluding hydrogens is 599 g/mol. The molecule has 4 aromatic rings. The quantitative estimate of drug-likeness (QED) is 0.259. The molecule has 0 saturated carbocycles. The maximum absolute atomic E-state index is 15.1. The second kappa shape index (κ2) is 12.5. The zero-order chi connectivity index (χ0) is 32.5. The van der Waals surface area contributed by atoms with Crippen LogP contribution in [0.2, 0.25) is 0 Å². The lowest BCUT2D eigenvalue weighted by Gasteiger charge is -2.35. The summed E-state index contributed by atoms with van der Waals surface area (Å²) in [5, 5.41) is 21.9. The van der Waals surface area contributed by atoms with Crippen LogP contribution in [-0.2, 0) is 16.0 Å². The highest BCUT2D eigenvalue weighted by Crippen LogP contribution is 2.33. The third-order valence-corrected chi connectivity index (χ3v) is 7.58. The number of amides is 1. The second-order valence-corrected chi connectivity index (χ2v) is 10.5. The Hall–Kier alpha value is -5.09. The average Bonchev–Trinajstić information content (AvgIpc) is 3.00. The number of ether oxygens (including phenoxy) is 1. The van der Waals surface area contributed by atoms with Crippen molar-refractivity contribution in [1.29, 1.82) is 5.26 Å². The predicted molar refractivity (Wildman–Crippen MR) is 154 cm³/mol. The first-order valence-electron chi connectivity index (χ1n) is 13.7. The number of halogens is 5. The summed E-state index contributed by atoms with van der Waals surface area (Å²) in [4.78, 5) is 30.7. The highest BCUT2D eigenvalue weighted by molar-refractivity contribution is 5.99. The fourth-order valence-corrected chi connectivity index (χ4v) is 5.35. The van der Waals surface area contributed by atoms with Gasteiger partial charge in [0.2, 0.25) is 0 Å². The molecule has 1 aromatic heterocycles. The summed E-state index contributed by atoms with van der Waals surface area (Å²) in [7, 11) is 0. The minimum absolute atomic E-state index is 0.0650. The largest absolute Gasteiger partial charge is 0.480 e. The Bertz CT molecular complexity index is 1820. The van der Waals surface area contributed by atoms with Crippen LogP contribution in [0.3, 0.4) is 0 Å². The number of carbonyl (C=O) groups excluding carboxylic acids is 1. The summed E-state index contributed by atoms with van der Waals surface area (Å²) in [6, 6.07) is 14.0. The van der Waals surface area contributed by atoms with Gasteiger partial charge < -0.3 is 20.1 Å².